The van der Waals surface area contributed by atoms with Crippen LogP contribution in [0, 0.1) is 5.92 Å². The predicted molar refractivity (Wildman–Crippen MR) is 111 cm³/mol. The van der Waals surface area contributed by atoms with E-state index in [0.29, 0.717) is 27.3 Å². The highest BCUT2D eigenvalue weighted by atomic mass is 35.5. The molecule has 0 radical (unpaired) electrons. The molecule has 0 unspecified atom stereocenters. The number of benzene rings is 2. The van der Waals surface area contributed by atoms with Gasteiger partial charge in [0.05, 0.1) is 31.0 Å². The van der Waals surface area contributed by atoms with Crippen molar-refractivity contribution in [1.82, 2.24) is 5.01 Å². The van der Waals surface area contributed by atoms with Gasteiger partial charge < -0.3 is 14.2 Å². The van der Waals surface area contributed by atoms with E-state index in [2.05, 4.69) is 13.8 Å². The minimum absolute atomic E-state index is 0.0236. The van der Waals surface area contributed by atoms with Crippen LogP contribution in [0.5, 0.6) is 17.2 Å². The Kier molecular flexibility index (Phi) is 5.06. The van der Waals surface area contributed by atoms with Gasteiger partial charge in [0, 0.05) is 28.5 Å². The van der Waals surface area contributed by atoms with E-state index in [4.69, 9.17) is 42.5 Å². The molecule has 2 aromatic carbocycles. The van der Waals surface area contributed by atoms with E-state index in [9.17, 15) is 0 Å². The summed E-state index contributed by atoms with van der Waals surface area (Å²) in [6, 6.07) is 9.51. The summed E-state index contributed by atoms with van der Waals surface area (Å²) in [4.78, 5) is 0. The van der Waals surface area contributed by atoms with Gasteiger partial charge in [-0.2, -0.15) is 5.10 Å². The molecule has 2 aromatic rings. The molecule has 0 saturated heterocycles. The van der Waals surface area contributed by atoms with Crippen LogP contribution in [0.15, 0.2) is 35.4 Å². The molecule has 0 aromatic heterocycles. The summed E-state index contributed by atoms with van der Waals surface area (Å²) < 4.78 is 17.0. The fourth-order valence-corrected chi connectivity index (χ4v) is 4.33. The van der Waals surface area contributed by atoms with Crippen LogP contribution in [0.25, 0.3) is 0 Å². The third-order valence-electron chi connectivity index (χ3n) is 5.12. The molecule has 7 heteroatoms. The molecule has 148 valence electrons. The van der Waals surface area contributed by atoms with Gasteiger partial charge in [-0.25, -0.2) is 5.01 Å². The van der Waals surface area contributed by atoms with Gasteiger partial charge in [0.2, 0.25) is 0 Å². The highest BCUT2D eigenvalue weighted by molar-refractivity contribution is 6.35. The summed E-state index contributed by atoms with van der Waals surface area (Å²) >= 11 is 12.7. The van der Waals surface area contributed by atoms with E-state index in [0.717, 1.165) is 23.3 Å². The molecule has 2 aliphatic heterocycles. The number of hydrazone groups is 1. The molecule has 0 bridgehead atoms. The molecule has 5 nitrogen and oxygen atoms in total. The lowest BCUT2D eigenvalue weighted by molar-refractivity contribution is -0.0460. The van der Waals surface area contributed by atoms with Crippen LogP contribution in [0.4, 0.5) is 0 Å². The Morgan fingerprint density at radius 2 is 1.86 bits per heavy atom. The van der Waals surface area contributed by atoms with Crippen molar-refractivity contribution in [2.45, 2.75) is 32.5 Å². The van der Waals surface area contributed by atoms with Gasteiger partial charge in [-0.05, 0) is 30.3 Å². The smallest absolute Gasteiger partial charge is 0.190 e. The molecule has 0 amide bonds. The standard InChI is InChI=1S/C21H22Cl2N2O3/c1-11(2)21-25-17(14-8-13(22)9-15(23)20(14)28-21)10-16(24-25)12-5-6-18(26-3)19(7-12)27-4/h5-9,11,17,21H,10H2,1-4H3/t17-,21-/m0/s1. The van der Waals surface area contributed by atoms with E-state index in [1.807, 2.05) is 29.3 Å². The molecule has 0 saturated carbocycles. The average Bonchev–Trinajstić information content (AvgIpc) is 3.12. The number of nitrogens with zero attached hydrogens (tertiary/aromatic N) is 2. The zero-order chi connectivity index (χ0) is 20.0. The highest BCUT2D eigenvalue weighted by Crippen LogP contribution is 2.48. The van der Waals surface area contributed by atoms with Crippen LogP contribution in [-0.4, -0.2) is 31.2 Å². The maximum atomic E-state index is 6.44. The number of halogens is 2. The van der Waals surface area contributed by atoms with Crippen LogP contribution in [0.3, 0.4) is 0 Å². The van der Waals surface area contributed by atoms with Crippen LogP contribution in [0.1, 0.15) is 37.4 Å². The first-order chi connectivity index (χ1) is 13.4. The molecule has 28 heavy (non-hydrogen) atoms. The SMILES string of the molecule is COc1ccc(C2=NN3[C@@H](C2)c2cc(Cl)cc(Cl)c2O[C@H]3C(C)C)cc1OC. The van der Waals surface area contributed by atoms with Crippen LogP contribution < -0.4 is 14.2 Å². The Bertz CT molecular complexity index is 945. The first kappa shape index (κ1) is 19.2. The monoisotopic (exact) mass is 420 g/mol. The largest absolute Gasteiger partial charge is 0.493 e. The summed E-state index contributed by atoms with van der Waals surface area (Å²) in [5.74, 6) is 2.30. The van der Waals surface area contributed by atoms with Gasteiger partial charge in [-0.1, -0.05) is 37.0 Å². The van der Waals surface area contributed by atoms with Crippen molar-refractivity contribution in [3.63, 3.8) is 0 Å². The first-order valence-electron chi connectivity index (χ1n) is 9.16. The van der Waals surface area contributed by atoms with Gasteiger partial charge in [-0.15, -0.1) is 0 Å². The maximum absolute atomic E-state index is 6.44. The van der Waals surface area contributed by atoms with Crippen molar-refractivity contribution in [3.05, 3.63) is 51.5 Å². The second-order valence-electron chi connectivity index (χ2n) is 7.27. The maximum Gasteiger partial charge on any atom is 0.190 e. The molecule has 2 atom stereocenters. The molecule has 0 spiro atoms. The molecule has 2 heterocycles. The second-order valence-corrected chi connectivity index (χ2v) is 8.12. The Hall–Kier alpha value is -2.11. The molecule has 2 aliphatic rings. The topological polar surface area (TPSA) is 43.3 Å². The zero-order valence-electron chi connectivity index (χ0n) is 16.2. The van der Waals surface area contributed by atoms with Crippen molar-refractivity contribution in [3.8, 4) is 17.2 Å². The lowest BCUT2D eigenvalue weighted by atomic mass is 9.95. The van der Waals surface area contributed by atoms with Crippen molar-refractivity contribution in [1.29, 1.82) is 0 Å². The number of rotatable bonds is 4. The Morgan fingerprint density at radius 3 is 2.54 bits per heavy atom. The summed E-state index contributed by atoms with van der Waals surface area (Å²) in [5.41, 5.74) is 2.92. The quantitative estimate of drug-likeness (QED) is 0.651. The Morgan fingerprint density at radius 1 is 1.11 bits per heavy atom. The summed E-state index contributed by atoms with van der Waals surface area (Å²) in [5, 5.41) is 8.08. The van der Waals surface area contributed by atoms with E-state index in [1.165, 1.54) is 0 Å². The van der Waals surface area contributed by atoms with Gasteiger partial charge in [0.1, 0.15) is 5.75 Å². The lowest BCUT2D eigenvalue weighted by Gasteiger charge is -2.40. The van der Waals surface area contributed by atoms with Gasteiger partial charge in [0.15, 0.2) is 17.7 Å². The zero-order valence-corrected chi connectivity index (χ0v) is 17.7. The van der Waals surface area contributed by atoms with Crippen molar-refractivity contribution < 1.29 is 14.2 Å². The number of ether oxygens (including phenoxy) is 3. The summed E-state index contributed by atoms with van der Waals surface area (Å²) in [6.45, 7) is 4.22. The van der Waals surface area contributed by atoms with Crippen molar-refractivity contribution in [2.75, 3.05) is 14.2 Å². The first-order valence-corrected chi connectivity index (χ1v) is 9.92. The number of hydrogen-bond acceptors (Lipinski definition) is 5. The number of methoxy groups -OCH3 is 2. The normalized spacial score (nSPS) is 20.4. The third-order valence-corrected chi connectivity index (χ3v) is 5.62. The number of hydrogen-bond donors (Lipinski definition) is 0. The van der Waals surface area contributed by atoms with E-state index < -0.39 is 0 Å². The van der Waals surface area contributed by atoms with Crippen molar-refractivity contribution in [2.24, 2.45) is 11.0 Å². The molecular weight excluding hydrogens is 399 g/mol. The van der Waals surface area contributed by atoms with Crippen LogP contribution in [-0.2, 0) is 0 Å². The molecule has 0 aliphatic carbocycles. The average molecular weight is 421 g/mol. The Balaban J connectivity index is 1.76. The van der Waals surface area contributed by atoms with Gasteiger partial charge in [-0.3, -0.25) is 0 Å². The second kappa shape index (κ2) is 7.37. The van der Waals surface area contributed by atoms with Crippen LogP contribution >= 0.6 is 23.2 Å². The minimum Gasteiger partial charge on any atom is -0.493 e. The van der Waals surface area contributed by atoms with E-state index >= 15 is 0 Å². The minimum atomic E-state index is -0.200. The van der Waals surface area contributed by atoms with Gasteiger partial charge >= 0.3 is 0 Å². The fourth-order valence-electron chi connectivity index (χ4n) is 3.77. The highest BCUT2D eigenvalue weighted by Gasteiger charge is 2.42. The van der Waals surface area contributed by atoms with E-state index in [-0.39, 0.29) is 18.2 Å². The summed E-state index contributed by atoms with van der Waals surface area (Å²) in [6.07, 6.45) is 0.528. The predicted octanol–water partition coefficient (Wildman–Crippen LogP) is 5.54. The molecule has 0 fully saturated rings. The Labute approximate surface area is 174 Å². The molecule has 4 rings (SSSR count). The lowest BCUT2D eigenvalue weighted by Crippen LogP contribution is -2.43. The third kappa shape index (κ3) is 3.16. The fraction of sp³-hybridized carbons (Fsp3) is 0.381. The summed E-state index contributed by atoms with van der Waals surface area (Å²) in [7, 11) is 3.25. The van der Waals surface area contributed by atoms with Gasteiger partial charge in [0.25, 0.3) is 0 Å². The number of fused-ring (bicyclic) bond motifs is 3. The van der Waals surface area contributed by atoms with Crippen molar-refractivity contribution >= 4 is 28.9 Å². The molecular formula is C21H22Cl2N2O3. The molecule has 0 N–H and O–H groups in total. The van der Waals surface area contributed by atoms with Crippen LogP contribution in [0.2, 0.25) is 10.0 Å². The van der Waals surface area contributed by atoms with E-state index in [1.54, 1.807) is 20.3 Å².